The molecule has 98 valence electrons. The van der Waals surface area contributed by atoms with E-state index in [9.17, 15) is 4.79 Å². The first-order chi connectivity index (χ1) is 8.08. The summed E-state index contributed by atoms with van der Waals surface area (Å²) >= 11 is 0. The van der Waals surface area contributed by atoms with Crippen LogP contribution in [0.15, 0.2) is 0 Å². The van der Waals surface area contributed by atoms with Crippen LogP contribution in [0.4, 0.5) is 0 Å². The molecule has 0 aromatic carbocycles. The van der Waals surface area contributed by atoms with Crippen LogP contribution in [0.2, 0.25) is 0 Å². The van der Waals surface area contributed by atoms with E-state index in [1.54, 1.807) is 0 Å². The Labute approximate surface area is 105 Å². The van der Waals surface area contributed by atoms with Crippen molar-refractivity contribution in [3.05, 3.63) is 0 Å². The van der Waals surface area contributed by atoms with Crippen LogP contribution in [0.5, 0.6) is 0 Å². The number of carbonyl (C=O) groups excluding carboxylic acids is 1. The van der Waals surface area contributed by atoms with Crippen LogP contribution in [0.1, 0.15) is 46.0 Å². The van der Waals surface area contributed by atoms with Crippen LogP contribution >= 0.6 is 0 Å². The van der Waals surface area contributed by atoms with Crippen molar-refractivity contribution in [2.24, 2.45) is 17.3 Å². The van der Waals surface area contributed by atoms with Gasteiger partial charge in [0.05, 0.1) is 0 Å². The van der Waals surface area contributed by atoms with Crippen molar-refractivity contribution < 1.29 is 4.79 Å². The first-order valence-corrected chi connectivity index (χ1v) is 7.05. The maximum atomic E-state index is 11.7. The van der Waals surface area contributed by atoms with Gasteiger partial charge in [0.1, 0.15) is 0 Å². The van der Waals surface area contributed by atoms with E-state index in [0.717, 1.165) is 32.0 Å². The summed E-state index contributed by atoms with van der Waals surface area (Å²) in [5.74, 6) is 1.69. The molecule has 0 radical (unpaired) electrons. The molecule has 1 saturated carbocycles. The van der Waals surface area contributed by atoms with Gasteiger partial charge in [0.25, 0.3) is 0 Å². The molecule has 3 nitrogen and oxygen atoms in total. The quantitative estimate of drug-likeness (QED) is 0.768. The molecule has 17 heavy (non-hydrogen) atoms. The highest BCUT2D eigenvalue weighted by Gasteiger charge is 2.31. The SMILES string of the molecule is CC(C)(CNC(=O)CC1CC1)C1CCNCC1. The monoisotopic (exact) mass is 238 g/mol. The Balaban J connectivity index is 1.72. The third-order valence-electron chi connectivity index (χ3n) is 4.36. The van der Waals surface area contributed by atoms with Crippen molar-refractivity contribution in [1.29, 1.82) is 0 Å². The number of rotatable bonds is 5. The average molecular weight is 238 g/mol. The molecule has 2 rings (SSSR count). The molecule has 2 N–H and O–H groups in total. The van der Waals surface area contributed by atoms with Gasteiger partial charge in [-0.05, 0) is 56.0 Å². The second-order valence-corrected chi connectivity index (χ2v) is 6.44. The van der Waals surface area contributed by atoms with Gasteiger partial charge in [-0.1, -0.05) is 13.8 Å². The second-order valence-electron chi connectivity index (χ2n) is 6.44. The van der Waals surface area contributed by atoms with Gasteiger partial charge in [0.2, 0.25) is 5.91 Å². The van der Waals surface area contributed by atoms with E-state index in [1.807, 2.05) is 0 Å². The zero-order valence-electron chi connectivity index (χ0n) is 11.2. The van der Waals surface area contributed by atoms with Crippen LogP contribution < -0.4 is 10.6 Å². The standard InChI is InChI=1S/C14H26N2O/c1-14(2,12-5-7-15-8-6-12)10-16-13(17)9-11-3-4-11/h11-12,15H,3-10H2,1-2H3,(H,16,17). The smallest absolute Gasteiger partial charge is 0.220 e. The Morgan fingerprint density at radius 3 is 2.47 bits per heavy atom. The lowest BCUT2D eigenvalue weighted by molar-refractivity contribution is -0.122. The fourth-order valence-corrected chi connectivity index (χ4v) is 2.73. The van der Waals surface area contributed by atoms with Crippen molar-refractivity contribution >= 4 is 5.91 Å². The van der Waals surface area contributed by atoms with Crippen LogP contribution in [0, 0.1) is 17.3 Å². The Hall–Kier alpha value is -0.570. The lowest BCUT2D eigenvalue weighted by atomic mass is 9.74. The van der Waals surface area contributed by atoms with Crippen molar-refractivity contribution in [3.63, 3.8) is 0 Å². The van der Waals surface area contributed by atoms with Crippen LogP contribution in [-0.4, -0.2) is 25.5 Å². The van der Waals surface area contributed by atoms with Crippen LogP contribution in [0.3, 0.4) is 0 Å². The summed E-state index contributed by atoms with van der Waals surface area (Å²) in [4.78, 5) is 11.7. The molecule has 2 fully saturated rings. The molecule has 2 aliphatic rings. The molecule has 0 aromatic heterocycles. The summed E-state index contributed by atoms with van der Waals surface area (Å²) in [6.07, 6.45) is 5.75. The van der Waals surface area contributed by atoms with E-state index in [2.05, 4.69) is 24.5 Å². The third kappa shape index (κ3) is 3.98. The van der Waals surface area contributed by atoms with Crippen molar-refractivity contribution in [2.45, 2.75) is 46.0 Å². The first kappa shape index (κ1) is 12.9. The molecule has 1 aliphatic carbocycles. The Morgan fingerprint density at radius 1 is 1.24 bits per heavy atom. The Kier molecular flexibility index (Phi) is 4.08. The fourth-order valence-electron chi connectivity index (χ4n) is 2.73. The van der Waals surface area contributed by atoms with Gasteiger partial charge in [0, 0.05) is 13.0 Å². The summed E-state index contributed by atoms with van der Waals surface area (Å²) in [5.41, 5.74) is 0.237. The van der Waals surface area contributed by atoms with Gasteiger partial charge in [-0.15, -0.1) is 0 Å². The fraction of sp³-hybridized carbons (Fsp3) is 0.929. The number of carbonyl (C=O) groups is 1. The molecular weight excluding hydrogens is 212 g/mol. The maximum absolute atomic E-state index is 11.7. The highest BCUT2D eigenvalue weighted by molar-refractivity contribution is 5.76. The van der Waals surface area contributed by atoms with Crippen molar-refractivity contribution in [1.82, 2.24) is 10.6 Å². The lowest BCUT2D eigenvalue weighted by Crippen LogP contribution is -2.42. The summed E-state index contributed by atoms with van der Waals surface area (Å²) in [6.45, 7) is 7.68. The summed E-state index contributed by atoms with van der Waals surface area (Å²) in [6, 6.07) is 0. The molecule has 0 aromatic rings. The minimum absolute atomic E-state index is 0.237. The Morgan fingerprint density at radius 2 is 1.88 bits per heavy atom. The largest absolute Gasteiger partial charge is 0.356 e. The van der Waals surface area contributed by atoms with Crippen molar-refractivity contribution in [2.75, 3.05) is 19.6 Å². The van der Waals surface area contributed by atoms with Crippen LogP contribution in [0.25, 0.3) is 0 Å². The average Bonchev–Trinajstić information content (AvgIpc) is 3.12. The van der Waals surface area contributed by atoms with Gasteiger partial charge in [0.15, 0.2) is 0 Å². The number of nitrogens with one attached hydrogen (secondary N) is 2. The molecule has 1 heterocycles. The molecule has 1 aliphatic heterocycles. The molecule has 0 spiro atoms. The molecule has 1 saturated heterocycles. The van der Waals surface area contributed by atoms with Gasteiger partial charge in [-0.2, -0.15) is 0 Å². The summed E-state index contributed by atoms with van der Waals surface area (Å²) in [7, 11) is 0. The Bertz CT molecular complexity index is 265. The number of amides is 1. The highest BCUT2D eigenvalue weighted by atomic mass is 16.1. The van der Waals surface area contributed by atoms with E-state index in [1.165, 1.54) is 25.7 Å². The molecular formula is C14H26N2O. The number of hydrogen-bond donors (Lipinski definition) is 2. The highest BCUT2D eigenvalue weighted by Crippen LogP contribution is 2.34. The van der Waals surface area contributed by atoms with Crippen LogP contribution in [-0.2, 0) is 4.79 Å². The van der Waals surface area contributed by atoms with E-state index in [0.29, 0.717) is 5.92 Å². The summed E-state index contributed by atoms with van der Waals surface area (Å²) < 4.78 is 0. The van der Waals surface area contributed by atoms with Gasteiger partial charge in [-0.25, -0.2) is 0 Å². The van der Waals surface area contributed by atoms with E-state index < -0.39 is 0 Å². The van der Waals surface area contributed by atoms with Crippen molar-refractivity contribution in [3.8, 4) is 0 Å². The third-order valence-corrected chi connectivity index (χ3v) is 4.36. The number of piperidine rings is 1. The van der Waals surface area contributed by atoms with Gasteiger partial charge < -0.3 is 10.6 Å². The number of hydrogen-bond acceptors (Lipinski definition) is 2. The van der Waals surface area contributed by atoms with Gasteiger partial charge >= 0.3 is 0 Å². The van der Waals surface area contributed by atoms with E-state index in [-0.39, 0.29) is 11.3 Å². The molecule has 0 atom stereocenters. The predicted molar refractivity (Wildman–Crippen MR) is 69.7 cm³/mol. The zero-order valence-corrected chi connectivity index (χ0v) is 11.2. The minimum atomic E-state index is 0.237. The molecule has 1 amide bonds. The molecule has 0 unspecified atom stereocenters. The lowest BCUT2D eigenvalue weighted by Gasteiger charge is -2.37. The van der Waals surface area contributed by atoms with E-state index >= 15 is 0 Å². The first-order valence-electron chi connectivity index (χ1n) is 7.05. The summed E-state index contributed by atoms with van der Waals surface area (Å²) in [5, 5.41) is 6.53. The predicted octanol–water partition coefficient (Wildman–Crippen LogP) is 1.93. The van der Waals surface area contributed by atoms with Gasteiger partial charge in [-0.3, -0.25) is 4.79 Å². The minimum Gasteiger partial charge on any atom is -0.356 e. The molecule has 0 bridgehead atoms. The molecule has 3 heteroatoms. The normalized spacial score (nSPS) is 22.5. The maximum Gasteiger partial charge on any atom is 0.220 e. The van der Waals surface area contributed by atoms with E-state index in [4.69, 9.17) is 0 Å². The second kappa shape index (κ2) is 5.38. The zero-order chi connectivity index (χ0) is 12.3. The topological polar surface area (TPSA) is 41.1 Å².